The van der Waals surface area contributed by atoms with Crippen molar-refractivity contribution < 1.29 is 4.39 Å². The maximum Gasteiger partial charge on any atom is 0.141 e. The fraction of sp³-hybridized carbons (Fsp3) is 0.312. The Morgan fingerprint density at radius 3 is 2.89 bits per heavy atom. The zero-order chi connectivity index (χ0) is 13.2. The van der Waals surface area contributed by atoms with Gasteiger partial charge in [0.25, 0.3) is 0 Å². The minimum atomic E-state index is -0.290. The van der Waals surface area contributed by atoms with Crippen LogP contribution in [-0.4, -0.2) is 4.98 Å². The van der Waals surface area contributed by atoms with Gasteiger partial charge in [0.05, 0.1) is 11.9 Å². The Bertz CT molecular complexity index is 565. The predicted molar refractivity (Wildman–Crippen MR) is 73.2 cm³/mol. The quantitative estimate of drug-likeness (QED) is 0.908. The zero-order valence-electron chi connectivity index (χ0n) is 10.9. The molecule has 1 N–H and O–H groups in total. The molecule has 1 aliphatic rings. The first-order valence-electron chi connectivity index (χ1n) is 6.69. The van der Waals surface area contributed by atoms with Gasteiger partial charge in [-0.2, -0.15) is 0 Å². The molecule has 1 aromatic heterocycles. The molecule has 0 amide bonds. The molecule has 0 saturated carbocycles. The van der Waals surface area contributed by atoms with Gasteiger partial charge in [0.1, 0.15) is 5.82 Å². The Hall–Kier alpha value is -1.74. The Morgan fingerprint density at radius 2 is 2.11 bits per heavy atom. The first-order valence-corrected chi connectivity index (χ1v) is 6.69. The van der Waals surface area contributed by atoms with Gasteiger partial charge < -0.3 is 5.32 Å². The Labute approximate surface area is 112 Å². The number of hydrogen-bond acceptors (Lipinski definition) is 2. The lowest BCUT2D eigenvalue weighted by atomic mass is 10.1. The number of rotatable bonds is 3. The van der Waals surface area contributed by atoms with Gasteiger partial charge in [0, 0.05) is 12.1 Å². The lowest BCUT2D eigenvalue weighted by Crippen LogP contribution is -2.23. The van der Waals surface area contributed by atoms with Crippen LogP contribution in [0.15, 0.2) is 42.6 Å². The van der Waals surface area contributed by atoms with E-state index in [-0.39, 0.29) is 11.9 Å². The largest absolute Gasteiger partial charge is 0.302 e. The summed E-state index contributed by atoms with van der Waals surface area (Å²) in [5.74, 6) is -0.290. The van der Waals surface area contributed by atoms with Gasteiger partial charge in [-0.3, -0.25) is 4.98 Å². The van der Waals surface area contributed by atoms with E-state index in [0.717, 1.165) is 18.5 Å². The predicted octanol–water partition coefficient (Wildman–Crippen LogP) is 3.56. The number of halogens is 1. The minimum Gasteiger partial charge on any atom is -0.302 e. The third kappa shape index (κ3) is 2.51. The van der Waals surface area contributed by atoms with E-state index in [1.807, 2.05) is 0 Å². The summed E-state index contributed by atoms with van der Waals surface area (Å²) in [5, 5.41) is 3.59. The summed E-state index contributed by atoms with van der Waals surface area (Å²) < 4.78 is 12.9. The highest BCUT2D eigenvalue weighted by Crippen LogP contribution is 2.32. The fourth-order valence-corrected chi connectivity index (χ4v) is 2.76. The van der Waals surface area contributed by atoms with Crippen LogP contribution in [0.2, 0.25) is 0 Å². The maximum atomic E-state index is 12.9. The molecule has 0 radical (unpaired) electrons. The number of nitrogens with one attached hydrogen (secondary N) is 1. The van der Waals surface area contributed by atoms with Gasteiger partial charge in [-0.15, -0.1) is 0 Å². The highest BCUT2D eigenvalue weighted by Gasteiger charge is 2.23. The molecule has 0 aliphatic heterocycles. The van der Waals surface area contributed by atoms with E-state index in [4.69, 9.17) is 0 Å². The van der Waals surface area contributed by atoms with Crippen LogP contribution >= 0.6 is 0 Å². The summed E-state index contributed by atoms with van der Waals surface area (Å²) in [7, 11) is 0. The van der Waals surface area contributed by atoms with E-state index in [1.54, 1.807) is 6.07 Å². The van der Waals surface area contributed by atoms with Crippen LogP contribution in [-0.2, 0) is 6.42 Å². The molecule has 2 unspecified atom stereocenters. The molecule has 3 heteroatoms. The van der Waals surface area contributed by atoms with Crippen LogP contribution in [0, 0.1) is 5.82 Å². The lowest BCUT2D eigenvalue weighted by Gasteiger charge is -2.20. The second-order valence-corrected chi connectivity index (χ2v) is 5.08. The highest BCUT2D eigenvalue weighted by atomic mass is 19.1. The van der Waals surface area contributed by atoms with Gasteiger partial charge in [0.15, 0.2) is 0 Å². The summed E-state index contributed by atoms with van der Waals surface area (Å²) in [4.78, 5) is 4.14. The third-order valence-electron chi connectivity index (χ3n) is 3.78. The Balaban J connectivity index is 1.74. The maximum absolute atomic E-state index is 12.9. The topological polar surface area (TPSA) is 24.9 Å². The molecule has 2 nitrogen and oxygen atoms in total. The average Bonchev–Trinajstić information content (AvgIpc) is 2.83. The van der Waals surface area contributed by atoms with Crippen LogP contribution in [0.3, 0.4) is 0 Å². The molecule has 1 heterocycles. The molecule has 0 fully saturated rings. The molecular formula is C16H17FN2. The molecule has 98 valence electrons. The SMILES string of the molecule is CC(NC1CCc2ccccc21)c1ccc(F)cn1. The summed E-state index contributed by atoms with van der Waals surface area (Å²) in [6.45, 7) is 2.07. The second kappa shape index (κ2) is 5.10. The number of aryl methyl sites for hydroxylation is 1. The molecule has 0 spiro atoms. The van der Waals surface area contributed by atoms with Crippen molar-refractivity contribution in [3.8, 4) is 0 Å². The van der Waals surface area contributed by atoms with E-state index in [9.17, 15) is 4.39 Å². The second-order valence-electron chi connectivity index (χ2n) is 5.08. The smallest absolute Gasteiger partial charge is 0.141 e. The van der Waals surface area contributed by atoms with Gasteiger partial charge in [0.2, 0.25) is 0 Å². The number of nitrogens with zero attached hydrogens (tertiary/aromatic N) is 1. The number of benzene rings is 1. The normalized spacial score (nSPS) is 19.2. The van der Waals surface area contributed by atoms with Crippen LogP contribution in [0.1, 0.15) is 42.2 Å². The van der Waals surface area contributed by atoms with E-state index in [0.29, 0.717) is 6.04 Å². The van der Waals surface area contributed by atoms with Gasteiger partial charge in [-0.1, -0.05) is 24.3 Å². The number of aromatic nitrogens is 1. The molecular weight excluding hydrogens is 239 g/mol. The van der Waals surface area contributed by atoms with E-state index >= 15 is 0 Å². The third-order valence-corrected chi connectivity index (χ3v) is 3.78. The van der Waals surface area contributed by atoms with Crippen molar-refractivity contribution in [3.05, 3.63) is 65.2 Å². The molecule has 1 aromatic carbocycles. The number of pyridine rings is 1. The van der Waals surface area contributed by atoms with Crippen LogP contribution in [0.25, 0.3) is 0 Å². The summed E-state index contributed by atoms with van der Waals surface area (Å²) in [6, 6.07) is 12.3. The highest BCUT2D eigenvalue weighted by molar-refractivity contribution is 5.34. The first kappa shape index (κ1) is 12.3. The molecule has 19 heavy (non-hydrogen) atoms. The van der Waals surface area contributed by atoms with Crippen molar-refractivity contribution in [2.45, 2.75) is 31.8 Å². The van der Waals surface area contributed by atoms with Gasteiger partial charge in [-0.05, 0) is 43.0 Å². The zero-order valence-corrected chi connectivity index (χ0v) is 10.9. The minimum absolute atomic E-state index is 0.122. The lowest BCUT2D eigenvalue weighted by molar-refractivity contribution is 0.457. The number of hydrogen-bond donors (Lipinski definition) is 1. The molecule has 2 atom stereocenters. The molecule has 0 bridgehead atoms. The van der Waals surface area contributed by atoms with Crippen LogP contribution in [0.5, 0.6) is 0 Å². The van der Waals surface area contributed by atoms with E-state index in [1.165, 1.54) is 23.4 Å². The number of fused-ring (bicyclic) bond motifs is 1. The monoisotopic (exact) mass is 256 g/mol. The average molecular weight is 256 g/mol. The van der Waals surface area contributed by atoms with Crippen LogP contribution < -0.4 is 5.32 Å². The van der Waals surface area contributed by atoms with E-state index < -0.39 is 0 Å². The first-order chi connectivity index (χ1) is 9.24. The summed E-state index contributed by atoms with van der Waals surface area (Å²) >= 11 is 0. The van der Waals surface area contributed by atoms with Crippen molar-refractivity contribution in [2.24, 2.45) is 0 Å². The van der Waals surface area contributed by atoms with Gasteiger partial charge >= 0.3 is 0 Å². The molecule has 1 aliphatic carbocycles. The Morgan fingerprint density at radius 1 is 1.26 bits per heavy atom. The van der Waals surface area contributed by atoms with Crippen LogP contribution in [0.4, 0.5) is 4.39 Å². The fourth-order valence-electron chi connectivity index (χ4n) is 2.76. The van der Waals surface area contributed by atoms with Crippen molar-refractivity contribution in [1.82, 2.24) is 10.3 Å². The molecule has 2 aromatic rings. The van der Waals surface area contributed by atoms with Crippen molar-refractivity contribution in [3.63, 3.8) is 0 Å². The van der Waals surface area contributed by atoms with E-state index in [2.05, 4.69) is 41.5 Å². The summed E-state index contributed by atoms with van der Waals surface area (Å²) in [6.07, 6.45) is 3.51. The standard InChI is InChI=1S/C16H17FN2/c1-11(15-9-7-13(17)10-18-15)19-16-8-6-12-4-2-3-5-14(12)16/h2-5,7,9-11,16,19H,6,8H2,1H3. The summed E-state index contributed by atoms with van der Waals surface area (Å²) in [5.41, 5.74) is 3.70. The Kier molecular flexibility index (Phi) is 3.30. The molecule has 3 rings (SSSR count). The van der Waals surface area contributed by atoms with Gasteiger partial charge in [-0.25, -0.2) is 4.39 Å². The van der Waals surface area contributed by atoms with Crippen molar-refractivity contribution >= 4 is 0 Å². The van der Waals surface area contributed by atoms with Crippen molar-refractivity contribution in [2.75, 3.05) is 0 Å². The molecule has 0 saturated heterocycles. The van der Waals surface area contributed by atoms with Crippen molar-refractivity contribution in [1.29, 1.82) is 0 Å².